The largest absolute Gasteiger partial charge is 0.481 e. The number of aliphatic carboxylic acids is 2. The van der Waals surface area contributed by atoms with Gasteiger partial charge in [-0.25, -0.2) is 0 Å². The van der Waals surface area contributed by atoms with Gasteiger partial charge >= 0.3 is 11.9 Å². The van der Waals surface area contributed by atoms with Crippen LogP contribution in [0.25, 0.3) is 0 Å². The Kier molecular flexibility index (Phi) is 24.8. The Balaban J connectivity index is 0.000000198. The molecule has 6 aromatic rings. The van der Waals surface area contributed by atoms with Crippen molar-refractivity contribution in [2.75, 3.05) is 20.5 Å². The number of unbranched alkanes of at least 4 members (excludes halogenated alkanes) is 2. The Morgan fingerprint density at radius 1 is 0.585 bits per heavy atom. The van der Waals surface area contributed by atoms with Crippen molar-refractivity contribution < 1.29 is 32.8 Å². The zero-order chi connectivity index (χ0) is 59.9. The van der Waals surface area contributed by atoms with Gasteiger partial charge in [-0.05, 0) is 97.5 Å². The van der Waals surface area contributed by atoms with Crippen LogP contribution in [0.4, 0.5) is 22.7 Å². The van der Waals surface area contributed by atoms with Gasteiger partial charge in [-0.15, -0.1) is 10.2 Å². The fourth-order valence-electron chi connectivity index (χ4n) is 9.27. The fraction of sp³-hybridized carbons (Fsp3) is 0.310. The van der Waals surface area contributed by atoms with Crippen LogP contribution in [-0.4, -0.2) is 51.5 Å². The number of rotatable bonds is 22. The summed E-state index contributed by atoms with van der Waals surface area (Å²) in [6.45, 7) is 7.67. The number of anilines is 4. The van der Waals surface area contributed by atoms with Crippen LogP contribution in [0.3, 0.4) is 0 Å². The predicted molar refractivity (Wildman–Crippen MR) is 342 cm³/mol. The highest BCUT2D eigenvalue weighted by Crippen LogP contribution is 2.43. The van der Waals surface area contributed by atoms with Crippen LogP contribution in [0.2, 0.25) is 30.1 Å². The molecule has 82 heavy (non-hydrogen) atoms. The minimum atomic E-state index is -5.15. The van der Waals surface area contributed by atoms with Crippen LogP contribution < -0.4 is 31.3 Å². The molecule has 0 amide bonds. The molecule has 24 heteroatoms. The minimum Gasteiger partial charge on any atom is -0.481 e. The Bertz CT molecular complexity index is 3090. The summed E-state index contributed by atoms with van der Waals surface area (Å²) in [5.41, 5.74) is 11.2. The highest BCUT2D eigenvalue weighted by Gasteiger charge is 2.60. The third-order valence-corrected chi connectivity index (χ3v) is 17.9. The maximum Gasteiger partial charge on any atom is 0.328 e. The SMILES string of the molecule is CCCCC(CC)CC(C(=O)O)C(CC(CC)CCCC)(C(=O)O)S(=O)(=O)O.Clc1cc(Cl)c(N2NC(c3ccc(Br)cc3)=NN2c2ccccc2)c(Cl)c1.Clc1cc(Cl)c(N2NC(c3ccc(Br)cc3)=NN2c2ccccc2)c(Cl)c1. The minimum absolute atomic E-state index is 0.0812. The van der Waals surface area contributed by atoms with Gasteiger partial charge in [0.25, 0.3) is 10.1 Å². The summed E-state index contributed by atoms with van der Waals surface area (Å²) in [6.07, 6.45) is 5.37. The second kappa shape index (κ2) is 30.7. The van der Waals surface area contributed by atoms with Crippen molar-refractivity contribution in [3.63, 3.8) is 0 Å². The number of carboxylic acid groups (broad SMARTS) is 2. The highest BCUT2D eigenvalue weighted by atomic mass is 79.9. The van der Waals surface area contributed by atoms with Gasteiger partial charge in [-0.1, -0.05) is 241 Å². The van der Waals surface area contributed by atoms with Gasteiger partial charge in [-0.3, -0.25) is 25.0 Å². The molecule has 0 radical (unpaired) electrons. The van der Waals surface area contributed by atoms with Crippen molar-refractivity contribution in [1.29, 1.82) is 0 Å². The van der Waals surface area contributed by atoms with Gasteiger partial charge in [0.15, 0.2) is 11.7 Å². The molecule has 4 unspecified atom stereocenters. The van der Waals surface area contributed by atoms with Crippen LogP contribution in [-0.2, 0) is 19.7 Å². The number of hydrazone groups is 2. The van der Waals surface area contributed by atoms with E-state index in [1.807, 2.05) is 137 Å². The summed E-state index contributed by atoms with van der Waals surface area (Å²) in [5.74, 6) is -4.05. The molecule has 0 saturated heterocycles. The lowest BCUT2D eigenvalue weighted by Crippen LogP contribution is -2.56. The molecule has 6 aromatic carbocycles. The maximum absolute atomic E-state index is 12.4. The first kappa shape index (κ1) is 66.2. The molecule has 2 heterocycles. The number of nitrogens with one attached hydrogen (secondary N) is 2. The fourth-order valence-corrected chi connectivity index (χ4v) is 13.0. The molecule has 8 rings (SSSR count). The van der Waals surface area contributed by atoms with Crippen molar-refractivity contribution in [3.8, 4) is 0 Å². The standard InChI is InChI=1S/C20H38O7S.2C19H12BrCl3N4/c1-5-9-11-15(7-3)13-17(18(21)22)20(19(23)24,28(25,26)27)14-16(8-4)12-10-6-2;2*20-13-8-6-12(7-9-13)19-24-26(15-4-2-1-3-5-15)27(25-19)18-16(22)10-14(21)11-17(18)23/h15-17H,5-14H2,1-4H3,(H,21,22)(H,23,24)(H,25,26,27);2*1-11H,(H,24,25). The molecule has 0 aromatic heterocycles. The third kappa shape index (κ3) is 16.7. The summed E-state index contributed by atoms with van der Waals surface area (Å²) in [4.78, 5) is 24.3. The molecule has 2 aliphatic heterocycles. The second-order valence-corrected chi connectivity index (χ2v) is 25.3. The first-order chi connectivity index (χ1) is 39.1. The van der Waals surface area contributed by atoms with E-state index in [0.717, 1.165) is 57.1 Å². The topological polar surface area (TPSA) is 191 Å². The van der Waals surface area contributed by atoms with Gasteiger partial charge in [-0.2, -0.15) is 28.9 Å². The predicted octanol–water partition coefficient (Wildman–Crippen LogP) is 17.6. The number of para-hydroxylation sites is 2. The Labute approximate surface area is 526 Å². The summed E-state index contributed by atoms with van der Waals surface area (Å²) in [6, 6.07) is 41.7. The van der Waals surface area contributed by atoms with Crippen LogP contribution in [0.5, 0.6) is 0 Å². The number of amidine groups is 2. The van der Waals surface area contributed by atoms with Crippen LogP contribution >= 0.6 is 101 Å². The zero-order valence-electron chi connectivity index (χ0n) is 45.1. The lowest BCUT2D eigenvalue weighted by atomic mass is 9.76. The summed E-state index contributed by atoms with van der Waals surface area (Å²) >= 11 is 44.8. The van der Waals surface area contributed by atoms with Crippen molar-refractivity contribution in [3.05, 3.63) is 184 Å². The lowest BCUT2D eigenvalue weighted by Gasteiger charge is -2.36. The number of halogens is 8. The number of nitrogens with zero attached hydrogens (tertiary/aromatic N) is 6. The molecule has 4 atom stereocenters. The molecule has 0 fully saturated rings. The summed E-state index contributed by atoms with van der Waals surface area (Å²) in [5, 5.41) is 38.6. The van der Waals surface area contributed by atoms with Gasteiger partial charge in [0.2, 0.25) is 4.75 Å². The number of carbonyl (C=O) groups is 2. The average molecular weight is 1390 g/mol. The van der Waals surface area contributed by atoms with E-state index in [0.29, 0.717) is 78.9 Å². The molecule has 0 aliphatic carbocycles. The Morgan fingerprint density at radius 3 is 1.27 bits per heavy atom. The summed E-state index contributed by atoms with van der Waals surface area (Å²) in [7, 11) is -5.15. The van der Waals surface area contributed by atoms with Crippen LogP contribution in [0, 0.1) is 17.8 Å². The number of hydrazine groups is 4. The normalized spacial score (nSPS) is 14.9. The van der Waals surface area contributed by atoms with E-state index in [2.05, 4.69) is 42.7 Å². The van der Waals surface area contributed by atoms with Gasteiger partial charge < -0.3 is 10.2 Å². The molecule has 0 bridgehead atoms. The second-order valence-electron chi connectivity index (χ2n) is 19.3. The number of carboxylic acids is 2. The van der Waals surface area contributed by atoms with Crippen LogP contribution in [0.15, 0.2) is 153 Å². The van der Waals surface area contributed by atoms with E-state index in [1.165, 1.54) is 0 Å². The molecule has 5 N–H and O–H groups in total. The summed E-state index contributed by atoms with van der Waals surface area (Å²) < 4.78 is 34.0. The number of hydrogen-bond acceptors (Lipinski definition) is 12. The molecule has 438 valence electrons. The zero-order valence-corrected chi connectivity index (χ0v) is 53.6. The molecule has 0 saturated carbocycles. The Hall–Kier alpha value is -4.99. The van der Waals surface area contributed by atoms with E-state index < -0.39 is 39.1 Å². The average Bonchev–Trinajstić information content (AvgIpc) is 2.47. The smallest absolute Gasteiger partial charge is 0.328 e. The van der Waals surface area contributed by atoms with Gasteiger partial charge in [0.1, 0.15) is 11.4 Å². The number of benzene rings is 6. The monoisotopic (exact) mass is 1380 g/mol. The molecular formula is C58H62Br2Cl6N8O7S. The maximum atomic E-state index is 12.4. The number of hydrogen-bond donors (Lipinski definition) is 5. The van der Waals surface area contributed by atoms with E-state index in [4.69, 9.17) is 79.8 Å². The highest BCUT2D eigenvalue weighted by molar-refractivity contribution is 9.10. The van der Waals surface area contributed by atoms with Crippen LogP contribution in [0.1, 0.15) is 103 Å². The van der Waals surface area contributed by atoms with Gasteiger partial charge in [0, 0.05) is 30.1 Å². The van der Waals surface area contributed by atoms with Crippen molar-refractivity contribution in [2.24, 2.45) is 28.0 Å². The van der Waals surface area contributed by atoms with E-state index in [9.17, 15) is 32.8 Å². The molecule has 0 spiro atoms. The van der Waals surface area contributed by atoms with Crippen molar-refractivity contribution >= 4 is 158 Å². The quantitative estimate of drug-likeness (QED) is 0.0404. The molecule has 15 nitrogen and oxygen atoms in total. The molecule has 2 aliphatic rings. The van der Waals surface area contributed by atoms with Crippen molar-refractivity contribution in [1.82, 2.24) is 10.9 Å². The lowest BCUT2D eigenvalue weighted by molar-refractivity contribution is -0.153. The van der Waals surface area contributed by atoms with E-state index in [-0.39, 0.29) is 18.3 Å². The Morgan fingerprint density at radius 2 is 0.951 bits per heavy atom. The first-order valence-corrected chi connectivity index (χ1v) is 31.6. The molecular weight excluding hydrogens is 1330 g/mol. The van der Waals surface area contributed by atoms with E-state index >= 15 is 0 Å². The van der Waals surface area contributed by atoms with Gasteiger partial charge in [0.05, 0.1) is 37.4 Å². The van der Waals surface area contributed by atoms with Crippen molar-refractivity contribution in [2.45, 2.75) is 96.7 Å². The first-order valence-electron chi connectivity index (χ1n) is 26.3. The third-order valence-electron chi connectivity index (χ3n) is 13.7. The van der Waals surface area contributed by atoms with E-state index in [1.54, 1.807) is 44.7 Å².